The van der Waals surface area contributed by atoms with Gasteiger partial charge in [-0.3, -0.25) is 9.59 Å². The van der Waals surface area contributed by atoms with Gasteiger partial charge in [0.05, 0.1) is 17.9 Å². The zero-order valence-electron chi connectivity index (χ0n) is 19.7. The number of anilines is 1. The van der Waals surface area contributed by atoms with Crippen LogP contribution < -0.4 is 15.4 Å². The fourth-order valence-corrected chi connectivity index (χ4v) is 5.41. The minimum atomic E-state index is -3.75. The van der Waals surface area contributed by atoms with E-state index in [4.69, 9.17) is 4.74 Å². The van der Waals surface area contributed by atoms with Gasteiger partial charge in [-0.05, 0) is 55.2 Å². The molecular weight excluding hydrogens is 456 g/mol. The van der Waals surface area contributed by atoms with Gasteiger partial charge < -0.3 is 15.4 Å². The van der Waals surface area contributed by atoms with E-state index in [0.29, 0.717) is 37.4 Å². The molecule has 0 bridgehead atoms. The number of benzene rings is 1. The van der Waals surface area contributed by atoms with Gasteiger partial charge in [-0.2, -0.15) is 4.31 Å². The predicted octanol–water partition coefficient (Wildman–Crippen LogP) is 2.66. The van der Waals surface area contributed by atoms with Crippen LogP contribution in [-0.2, 0) is 19.6 Å². The van der Waals surface area contributed by atoms with Gasteiger partial charge in [0, 0.05) is 19.3 Å². The number of aromatic nitrogens is 1. The molecule has 184 valence electrons. The van der Waals surface area contributed by atoms with Crippen LogP contribution in [0, 0.1) is 11.8 Å². The quantitative estimate of drug-likeness (QED) is 0.560. The summed E-state index contributed by atoms with van der Waals surface area (Å²) in [7, 11) is -2.24. The van der Waals surface area contributed by atoms with Crippen LogP contribution in [0.4, 0.5) is 5.82 Å². The van der Waals surface area contributed by atoms with E-state index in [9.17, 15) is 18.0 Å². The summed E-state index contributed by atoms with van der Waals surface area (Å²) in [6, 6.07) is 10.6. The number of nitrogens with one attached hydrogen (secondary N) is 2. The highest BCUT2D eigenvalue weighted by atomic mass is 32.2. The second-order valence-electron chi connectivity index (χ2n) is 8.45. The maximum absolute atomic E-state index is 13.1. The molecule has 0 spiro atoms. The van der Waals surface area contributed by atoms with Gasteiger partial charge in [0.15, 0.2) is 0 Å². The number of pyridine rings is 1. The van der Waals surface area contributed by atoms with E-state index in [1.54, 1.807) is 36.5 Å². The summed E-state index contributed by atoms with van der Waals surface area (Å²) in [5.41, 5.74) is 0. The van der Waals surface area contributed by atoms with Crippen molar-refractivity contribution in [3.8, 4) is 5.75 Å². The Kier molecular flexibility index (Phi) is 8.62. The van der Waals surface area contributed by atoms with E-state index >= 15 is 0 Å². The molecule has 1 aliphatic heterocycles. The number of nitrogens with zero attached hydrogens (tertiary/aromatic N) is 2. The summed E-state index contributed by atoms with van der Waals surface area (Å²) in [5.74, 6) is -0.359. The molecule has 1 aliphatic rings. The number of hydrogen-bond acceptors (Lipinski definition) is 6. The number of amides is 2. The number of hydrogen-bond donors (Lipinski definition) is 2. The van der Waals surface area contributed by atoms with Crippen LogP contribution in [0.25, 0.3) is 0 Å². The van der Waals surface area contributed by atoms with Crippen molar-refractivity contribution in [2.24, 2.45) is 11.8 Å². The Labute approximate surface area is 201 Å². The molecule has 0 unspecified atom stereocenters. The van der Waals surface area contributed by atoms with E-state index in [1.165, 1.54) is 23.5 Å². The van der Waals surface area contributed by atoms with E-state index in [0.717, 1.165) is 0 Å². The maximum atomic E-state index is 13.1. The van der Waals surface area contributed by atoms with Crippen molar-refractivity contribution in [1.82, 2.24) is 14.6 Å². The zero-order valence-corrected chi connectivity index (χ0v) is 20.5. The van der Waals surface area contributed by atoms with Crippen LogP contribution >= 0.6 is 0 Å². The van der Waals surface area contributed by atoms with Gasteiger partial charge >= 0.3 is 0 Å². The van der Waals surface area contributed by atoms with Crippen LogP contribution in [0.15, 0.2) is 53.6 Å². The van der Waals surface area contributed by atoms with Gasteiger partial charge in [-0.15, -0.1) is 0 Å². The third-order valence-corrected chi connectivity index (χ3v) is 8.04. The molecule has 1 saturated heterocycles. The van der Waals surface area contributed by atoms with Crippen molar-refractivity contribution in [3.63, 3.8) is 0 Å². The first-order valence-corrected chi connectivity index (χ1v) is 12.9. The second kappa shape index (κ2) is 11.4. The minimum Gasteiger partial charge on any atom is -0.497 e. The highest BCUT2D eigenvalue weighted by molar-refractivity contribution is 7.89. The summed E-state index contributed by atoms with van der Waals surface area (Å²) >= 11 is 0. The summed E-state index contributed by atoms with van der Waals surface area (Å²) in [5, 5.41) is 5.62. The fourth-order valence-electron chi connectivity index (χ4n) is 3.89. The molecule has 2 aromatic rings. The Bertz CT molecular complexity index is 1080. The molecule has 1 fully saturated rings. The topological polar surface area (TPSA) is 118 Å². The summed E-state index contributed by atoms with van der Waals surface area (Å²) < 4.78 is 32.7. The van der Waals surface area contributed by atoms with Gasteiger partial charge in [0.2, 0.25) is 21.8 Å². The number of methoxy groups -OCH3 is 1. The Balaban J connectivity index is 1.70. The second-order valence-corrected chi connectivity index (χ2v) is 10.4. The van der Waals surface area contributed by atoms with Crippen molar-refractivity contribution < 1.29 is 22.7 Å². The largest absolute Gasteiger partial charge is 0.497 e. The number of piperidine rings is 1. The third-order valence-electron chi connectivity index (χ3n) is 6.16. The lowest BCUT2D eigenvalue weighted by Crippen LogP contribution is -2.52. The van der Waals surface area contributed by atoms with Crippen molar-refractivity contribution >= 4 is 27.7 Å². The van der Waals surface area contributed by atoms with Crippen LogP contribution in [0.1, 0.15) is 33.1 Å². The molecule has 3 rings (SSSR count). The van der Waals surface area contributed by atoms with E-state index in [1.807, 2.05) is 13.8 Å². The van der Waals surface area contributed by atoms with Crippen molar-refractivity contribution in [2.45, 2.75) is 44.0 Å². The number of sulfonamides is 1. The first-order valence-electron chi connectivity index (χ1n) is 11.4. The normalized spacial score (nSPS) is 18.5. The summed E-state index contributed by atoms with van der Waals surface area (Å²) in [6.07, 6.45) is 3.37. The first kappa shape index (κ1) is 25.6. The number of carbonyl (C=O) groups excluding carboxylic acids is 2. The number of carbonyl (C=O) groups is 2. The maximum Gasteiger partial charge on any atom is 0.248 e. The molecule has 0 aliphatic carbocycles. The van der Waals surface area contributed by atoms with Gasteiger partial charge in [0.25, 0.3) is 0 Å². The smallest absolute Gasteiger partial charge is 0.248 e. The average Bonchev–Trinajstić information content (AvgIpc) is 2.87. The van der Waals surface area contributed by atoms with E-state index in [2.05, 4.69) is 15.6 Å². The van der Waals surface area contributed by atoms with Gasteiger partial charge in [-0.25, -0.2) is 13.4 Å². The SMILES string of the molecule is CC[C@H](C)[C@H](NC(=O)[C@H]1CCCN(S(=O)(=O)c2ccc(OC)cc2)C1)C(=O)Nc1ccccn1. The molecule has 1 aromatic heterocycles. The summed E-state index contributed by atoms with van der Waals surface area (Å²) in [4.78, 5) is 30.3. The molecule has 2 heterocycles. The Hall–Kier alpha value is -2.98. The molecule has 3 atom stereocenters. The van der Waals surface area contributed by atoms with Crippen LogP contribution in [0.5, 0.6) is 5.75 Å². The molecule has 34 heavy (non-hydrogen) atoms. The molecule has 1 aromatic carbocycles. The molecule has 10 heteroatoms. The van der Waals surface area contributed by atoms with Crippen LogP contribution in [0.3, 0.4) is 0 Å². The Morgan fingerprint density at radius 2 is 1.94 bits per heavy atom. The van der Waals surface area contributed by atoms with Crippen molar-refractivity contribution in [3.05, 3.63) is 48.7 Å². The monoisotopic (exact) mass is 488 g/mol. The highest BCUT2D eigenvalue weighted by Gasteiger charge is 2.35. The molecule has 2 N–H and O–H groups in total. The van der Waals surface area contributed by atoms with Crippen LogP contribution in [0.2, 0.25) is 0 Å². The Morgan fingerprint density at radius 3 is 2.56 bits per heavy atom. The van der Waals surface area contributed by atoms with E-state index < -0.39 is 22.0 Å². The Morgan fingerprint density at radius 1 is 1.21 bits per heavy atom. The first-order chi connectivity index (χ1) is 16.3. The molecule has 0 saturated carbocycles. The average molecular weight is 489 g/mol. The van der Waals surface area contributed by atoms with E-state index in [-0.39, 0.29) is 29.2 Å². The lowest BCUT2D eigenvalue weighted by Gasteiger charge is -2.32. The molecule has 9 nitrogen and oxygen atoms in total. The van der Waals surface area contributed by atoms with Crippen molar-refractivity contribution in [2.75, 3.05) is 25.5 Å². The molecule has 2 amide bonds. The highest BCUT2D eigenvalue weighted by Crippen LogP contribution is 2.25. The summed E-state index contributed by atoms with van der Waals surface area (Å²) in [6.45, 7) is 4.24. The van der Waals surface area contributed by atoms with Crippen LogP contribution in [-0.4, -0.2) is 55.8 Å². The fraction of sp³-hybridized carbons (Fsp3) is 0.458. The number of rotatable bonds is 9. The van der Waals surface area contributed by atoms with Gasteiger partial charge in [0.1, 0.15) is 17.6 Å². The minimum absolute atomic E-state index is 0.0648. The number of ether oxygens (including phenoxy) is 1. The lowest BCUT2D eigenvalue weighted by atomic mass is 9.95. The van der Waals surface area contributed by atoms with Crippen molar-refractivity contribution in [1.29, 1.82) is 0 Å². The standard InChI is InChI=1S/C24H32N4O5S/c1-4-17(2)22(24(30)26-21-9-5-6-14-25-21)27-23(29)18-8-7-15-28(16-18)34(31,32)20-12-10-19(33-3)11-13-20/h5-6,9-14,17-18,22H,4,7-8,15-16H2,1-3H3,(H,27,29)(H,25,26,30)/t17-,18-,22-/m0/s1. The third kappa shape index (κ3) is 6.12. The van der Waals surface area contributed by atoms with Gasteiger partial charge in [-0.1, -0.05) is 26.3 Å². The zero-order chi connectivity index (χ0) is 24.7. The molecule has 0 radical (unpaired) electrons. The molecular formula is C24H32N4O5S. The predicted molar refractivity (Wildman–Crippen MR) is 129 cm³/mol. The lowest BCUT2D eigenvalue weighted by molar-refractivity contribution is -0.131.